The minimum absolute atomic E-state index is 0.0697. The number of imide groups is 1. The highest BCUT2D eigenvalue weighted by Gasteiger charge is 2.34. The summed E-state index contributed by atoms with van der Waals surface area (Å²) in [5, 5.41) is 4.97. The van der Waals surface area contributed by atoms with Gasteiger partial charge in [-0.25, -0.2) is 13.2 Å². The summed E-state index contributed by atoms with van der Waals surface area (Å²) in [5.74, 6) is -1.44. The van der Waals surface area contributed by atoms with E-state index in [0.717, 1.165) is 31.2 Å². The number of sulfonamides is 1. The molecule has 0 radical (unpaired) electrons. The van der Waals surface area contributed by atoms with Crippen LogP contribution in [-0.2, 0) is 24.3 Å². The Morgan fingerprint density at radius 3 is 2.12 bits per heavy atom. The van der Waals surface area contributed by atoms with E-state index < -0.39 is 40.0 Å². The lowest BCUT2D eigenvalue weighted by Crippen LogP contribution is -2.48. The van der Waals surface area contributed by atoms with Gasteiger partial charge in [-0.1, -0.05) is 38.8 Å². The van der Waals surface area contributed by atoms with Crippen LogP contribution in [0.5, 0.6) is 0 Å². The number of urea groups is 1. The third-order valence-corrected chi connectivity index (χ3v) is 8.47. The van der Waals surface area contributed by atoms with E-state index in [4.69, 9.17) is 4.74 Å². The molecule has 3 rings (SSSR count). The van der Waals surface area contributed by atoms with Gasteiger partial charge in [-0.05, 0) is 56.2 Å². The fourth-order valence-corrected chi connectivity index (χ4v) is 5.80. The summed E-state index contributed by atoms with van der Waals surface area (Å²) in [6, 6.07) is 6.37. The van der Waals surface area contributed by atoms with Crippen LogP contribution in [0.2, 0.25) is 0 Å². The summed E-state index contributed by atoms with van der Waals surface area (Å²) in [5.41, 5.74) is 1.06. The molecule has 1 aromatic rings. The lowest BCUT2D eigenvalue weighted by atomic mass is 9.98. The highest BCUT2D eigenvalue weighted by molar-refractivity contribution is 7.89. The monoisotopic (exact) mass is 493 g/mol. The van der Waals surface area contributed by atoms with Gasteiger partial charge in [-0.3, -0.25) is 14.9 Å². The van der Waals surface area contributed by atoms with Gasteiger partial charge in [-0.15, -0.1) is 0 Å². The van der Waals surface area contributed by atoms with Gasteiger partial charge in [0, 0.05) is 19.1 Å². The molecule has 2 N–H and O–H groups in total. The number of benzene rings is 1. The first-order valence-electron chi connectivity index (χ1n) is 12.0. The molecule has 1 saturated carbocycles. The predicted octanol–water partition coefficient (Wildman–Crippen LogP) is 2.91. The first-order valence-corrected chi connectivity index (χ1v) is 13.4. The van der Waals surface area contributed by atoms with Crippen molar-refractivity contribution in [2.75, 3.05) is 13.1 Å². The van der Waals surface area contributed by atoms with Gasteiger partial charge in [-0.2, -0.15) is 4.31 Å². The molecule has 2 fully saturated rings. The van der Waals surface area contributed by atoms with E-state index in [2.05, 4.69) is 10.6 Å². The zero-order valence-corrected chi connectivity index (χ0v) is 20.9. The molecule has 1 aromatic carbocycles. The molecule has 1 atom stereocenters. The number of nitrogens with one attached hydrogen (secondary N) is 2. The van der Waals surface area contributed by atoms with Crippen LogP contribution in [0.3, 0.4) is 0 Å². The topological polar surface area (TPSA) is 122 Å². The first kappa shape index (κ1) is 26.2. The second kappa shape index (κ2) is 11.3. The number of esters is 1. The predicted molar refractivity (Wildman–Crippen MR) is 126 cm³/mol. The van der Waals surface area contributed by atoms with Crippen molar-refractivity contribution >= 4 is 27.9 Å². The van der Waals surface area contributed by atoms with Crippen molar-refractivity contribution < 1.29 is 27.5 Å². The van der Waals surface area contributed by atoms with Crippen LogP contribution in [0.1, 0.15) is 70.8 Å². The Balaban J connectivity index is 1.46. The summed E-state index contributed by atoms with van der Waals surface area (Å²) < 4.78 is 32.6. The fraction of sp³-hybridized carbons (Fsp3) is 0.625. The highest BCUT2D eigenvalue weighted by atomic mass is 32.2. The number of rotatable bonds is 7. The molecule has 0 spiro atoms. The van der Waals surface area contributed by atoms with Gasteiger partial charge in [0.1, 0.15) is 0 Å². The molecule has 188 valence electrons. The minimum atomic E-state index is -3.64. The maximum absolute atomic E-state index is 13.0. The van der Waals surface area contributed by atoms with Crippen molar-refractivity contribution in [3.63, 3.8) is 0 Å². The Bertz CT molecular complexity index is 978. The zero-order valence-electron chi connectivity index (χ0n) is 20.1. The van der Waals surface area contributed by atoms with E-state index in [1.54, 1.807) is 12.1 Å². The number of ether oxygens (including phenoxy) is 1. The lowest BCUT2D eigenvalue weighted by molar-refractivity contribution is -0.159. The van der Waals surface area contributed by atoms with Crippen molar-refractivity contribution in [3.05, 3.63) is 29.8 Å². The first-order chi connectivity index (χ1) is 16.1. The Labute approximate surface area is 201 Å². The van der Waals surface area contributed by atoms with Gasteiger partial charge in [0.15, 0.2) is 6.10 Å². The molecule has 1 unspecified atom stereocenters. The number of amides is 3. The summed E-state index contributed by atoms with van der Waals surface area (Å²) in [6.45, 7) is 5.89. The summed E-state index contributed by atoms with van der Waals surface area (Å²) in [6.07, 6.45) is 3.38. The number of hydrogen-bond acceptors (Lipinski definition) is 6. The number of carbonyl (C=O) groups is 3. The van der Waals surface area contributed by atoms with Crippen molar-refractivity contribution in [2.24, 2.45) is 5.92 Å². The maximum atomic E-state index is 13.0. The zero-order chi connectivity index (χ0) is 24.9. The maximum Gasteiger partial charge on any atom is 0.321 e. The van der Waals surface area contributed by atoms with Crippen LogP contribution < -0.4 is 10.6 Å². The van der Waals surface area contributed by atoms with Crippen molar-refractivity contribution in [1.82, 2.24) is 14.9 Å². The van der Waals surface area contributed by atoms with E-state index in [0.29, 0.717) is 18.8 Å². The third-order valence-electron chi connectivity index (χ3n) is 6.56. The average Bonchev–Trinajstić information content (AvgIpc) is 3.31. The molecular weight excluding hydrogens is 458 g/mol. The van der Waals surface area contributed by atoms with Crippen molar-refractivity contribution in [3.8, 4) is 0 Å². The van der Waals surface area contributed by atoms with Gasteiger partial charge >= 0.3 is 12.0 Å². The van der Waals surface area contributed by atoms with E-state index >= 15 is 0 Å². The van der Waals surface area contributed by atoms with Gasteiger partial charge in [0.2, 0.25) is 10.0 Å². The molecule has 1 saturated heterocycles. The fourth-order valence-electron chi connectivity index (χ4n) is 4.33. The van der Waals surface area contributed by atoms with Gasteiger partial charge in [0.25, 0.3) is 5.91 Å². The highest BCUT2D eigenvalue weighted by Crippen LogP contribution is 2.26. The smallest absolute Gasteiger partial charge is 0.321 e. The molecule has 9 nitrogen and oxygen atoms in total. The van der Waals surface area contributed by atoms with Gasteiger partial charge in [0.05, 0.1) is 10.8 Å². The standard InChI is InChI=1S/C24H35N3O6S/c1-16(2)18-8-10-21(11-9-18)34(31,32)27-14-12-19(13-15-27)23(29)33-17(3)22(28)26-24(30)25-20-6-4-5-7-20/h8-11,16-17,19-20H,4-7,12-15H2,1-3H3,(H2,25,26,28,30). The molecule has 0 bridgehead atoms. The molecule has 2 aliphatic rings. The van der Waals surface area contributed by atoms with Crippen LogP contribution in [0.4, 0.5) is 4.79 Å². The largest absolute Gasteiger partial charge is 0.452 e. The minimum Gasteiger partial charge on any atom is -0.452 e. The molecule has 10 heteroatoms. The number of nitrogens with zero attached hydrogens (tertiary/aromatic N) is 1. The summed E-state index contributed by atoms with van der Waals surface area (Å²) >= 11 is 0. The molecule has 3 amide bonds. The SMILES string of the molecule is CC(OC(=O)C1CCN(S(=O)(=O)c2ccc(C(C)C)cc2)CC1)C(=O)NC(=O)NC1CCCC1. The van der Waals surface area contributed by atoms with E-state index in [1.807, 2.05) is 26.0 Å². The Kier molecular flexibility index (Phi) is 8.70. The van der Waals surface area contributed by atoms with E-state index in [1.165, 1.54) is 11.2 Å². The quantitative estimate of drug-likeness (QED) is 0.563. The average molecular weight is 494 g/mol. The van der Waals surface area contributed by atoms with Crippen molar-refractivity contribution in [2.45, 2.75) is 82.3 Å². The number of piperidine rings is 1. The van der Waals surface area contributed by atoms with Crippen LogP contribution >= 0.6 is 0 Å². The Morgan fingerprint density at radius 2 is 1.56 bits per heavy atom. The van der Waals surface area contributed by atoms with Crippen LogP contribution in [0.25, 0.3) is 0 Å². The molecule has 1 heterocycles. The normalized spacial score (nSPS) is 19.1. The second-order valence-electron chi connectivity index (χ2n) is 9.43. The second-order valence-corrected chi connectivity index (χ2v) is 11.4. The molecule has 1 aliphatic carbocycles. The molecule has 34 heavy (non-hydrogen) atoms. The van der Waals surface area contributed by atoms with Crippen LogP contribution in [0, 0.1) is 5.92 Å². The number of carbonyl (C=O) groups excluding carboxylic acids is 3. The number of hydrogen-bond donors (Lipinski definition) is 2. The van der Waals surface area contributed by atoms with E-state index in [9.17, 15) is 22.8 Å². The Morgan fingerprint density at radius 1 is 0.971 bits per heavy atom. The Hall–Kier alpha value is -2.46. The summed E-state index contributed by atoms with van der Waals surface area (Å²) in [4.78, 5) is 36.9. The molecular formula is C24H35N3O6S. The van der Waals surface area contributed by atoms with Crippen molar-refractivity contribution in [1.29, 1.82) is 0 Å². The third kappa shape index (κ3) is 6.56. The van der Waals surface area contributed by atoms with Crippen LogP contribution in [-0.4, -0.2) is 55.9 Å². The molecule has 1 aliphatic heterocycles. The molecule has 0 aromatic heterocycles. The van der Waals surface area contributed by atoms with E-state index in [-0.39, 0.29) is 24.0 Å². The van der Waals surface area contributed by atoms with Crippen LogP contribution in [0.15, 0.2) is 29.2 Å². The summed E-state index contributed by atoms with van der Waals surface area (Å²) in [7, 11) is -3.64. The lowest BCUT2D eigenvalue weighted by Gasteiger charge is -2.30. The van der Waals surface area contributed by atoms with Gasteiger partial charge < -0.3 is 10.1 Å².